The van der Waals surface area contributed by atoms with Gasteiger partial charge in [-0.3, -0.25) is 4.68 Å². The third kappa shape index (κ3) is 3.27. The van der Waals surface area contributed by atoms with Gasteiger partial charge in [-0.25, -0.2) is 9.37 Å². The first kappa shape index (κ1) is 20.0. The molecule has 4 heterocycles. The number of methoxy groups -OCH3 is 1. The van der Waals surface area contributed by atoms with Crippen LogP contribution in [0.5, 0.6) is 5.88 Å². The number of anilines is 3. The zero-order valence-corrected chi connectivity index (χ0v) is 18.3. The van der Waals surface area contributed by atoms with E-state index in [2.05, 4.69) is 27.6 Å². The van der Waals surface area contributed by atoms with Gasteiger partial charge in [-0.1, -0.05) is 6.92 Å². The highest BCUT2D eigenvalue weighted by atomic mass is 19.1. The monoisotopic (exact) mass is 429 g/mol. The van der Waals surface area contributed by atoms with E-state index in [-0.39, 0.29) is 11.5 Å². The molecule has 2 fully saturated rings. The Balaban J connectivity index is 1.47. The number of hydrogen-bond donors (Lipinski definition) is 2. The van der Waals surface area contributed by atoms with Crippen molar-refractivity contribution in [2.24, 2.45) is 19.5 Å². The second kappa shape index (κ2) is 7.33. The Morgan fingerprint density at radius 2 is 2.16 bits per heavy atom. The normalized spacial score (nSPS) is 25.0. The number of alkyl halides is 1. The lowest BCUT2D eigenvalue weighted by atomic mass is 10.0. The van der Waals surface area contributed by atoms with Crippen LogP contribution in [-0.4, -0.2) is 68.3 Å². The maximum absolute atomic E-state index is 15.1. The van der Waals surface area contributed by atoms with Crippen molar-refractivity contribution in [2.45, 2.75) is 32.0 Å². The second-order valence-corrected chi connectivity index (χ2v) is 8.54. The molecule has 1 spiro atoms. The summed E-state index contributed by atoms with van der Waals surface area (Å²) in [6.07, 6.45) is 4.51. The highest BCUT2D eigenvalue weighted by molar-refractivity contribution is 5.87. The number of fused-ring (bicyclic) bond motifs is 1. The summed E-state index contributed by atoms with van der Waals surface area (Å²) in [6, 6.07) is 0.227. The second-order valence-electron chi connectivity index (χ2n) is 8.54. The molecule has 3 atom stereocenters. The lowest BCUT2D eigenvalue weighted by Gasteiger charge is -2.17. The molecule has 2 N–H and O–H groups in total. The van der Waals surface area contributed by atoms with Crippen molar-refractivity contribution in [1.29, 1.82) is 0 Å². The Bertz CT molecular complexity index is 1110. The molecule has 1 saturated heterocycles. The van der Waals surface area contributed by atoms with E-state index >= 15 is 4.39 Å². The van der Waals surface area contributed by atoms with E-state index < -0.39 is 6.17 Å². The van der Waals surface area contributed by atoms with Crippen LogP contribution in [0.1, 0.15) is 19.8 Å². The van der Waals surface area contributed by atoms with E-state index in [9.17, 15) is 0 Å². The molecule has 0 aromatic carbocycles. The van der Waals surface area contributed by atoms with Crippen molar-refractivity contribution in [2.75, 3.05) is 37.0 Å². The first-order valence-corrected chi connectivity index (χ1v) is 10.6. The summed E-state index contributed by atoms with van der Waals surface area (Å²) in [7, 11) is 5.27. The van der Waals surface area contributed by atoms with Gasteiger partial charge in [0.1, 0.15) is 11.9 Å². The number of imidazole rings is 1. The number of aryl methyl sites for hydroxylation is 2. The Morgan fingerprint density at radius 1 is 1.32 bits per heavy atom. The van der Waals surface area contributed by atoms with Crippen molar-refractivity contribution < 1.29 is 9.13 Å². The van der Waals surface area contributed by atoms with Crippen molar-refractivity contribution in [3.8, 4) is 5.88 Å². The van der Waals surface area contributed by atoms with Gasteiger partial charge >= 0.3 is 0 Å². The smallest absolute Gasteiger partial charge is 0.256 e. The van der Waals surface area contributed by atoms with Crippen LogP contribution >= 0.6 is 0 Å². The maximum atomic E-state index is 15.1. The van der Waals surface area contributed by atoms with Crippen LogP contribution in [0.15, 0.2) is 12.5 Å². The molecule has 0 radical (unpaired) electrons. The van der Waals surface area contributed by atoms with Crippen molar-refractivity contribution in [1.82, 2.24) is 34.6 Å². The van der Waals surface area contributed by atoms with Gasteiger partial charge in [-0.05, 0) is 19.4 Å². The van der Waals surface area contributed by atoms with Crippen LogP contribution in [0, 0.1) is 5.41 Å². The molecule has 31 heavy (non-hydrogen) atoms. The van der Waals surface area contributed by atoms with Gasteiger partial charge in [0, 0.05) is 32.1 Å². The standard InChI is InChI=1S/C20H28FN9O/c1-5-6-22-14-7-20(14)10-30(9-13(20)21)19-25-16(15-17(26-19)28(2)11-23-15)24-12-8-29(3)27-18(12)31-4/h8,11,13-14,22H,5-7,9-10H2,1-4H3,(H,24,25,26)/t13-,14?,20?/m1/s1. The van der Waals surface area contributed by atoms with Crippen molar-refractivity contribution in [3.63, 3.8) is 0 Å². The molecule has 0 bridgehead atoms. The average Bonchev–Trinajstić information content (AvgIpc) is 2.97. The number of nitrogens with one attached hydrogen (secondary N) is 2. The molecule has 2 unspecified atom stereocenters. The molecule has 11 heteroatoms. The quantitative estimate of drug-likeness (QED) is 0.586. The molecule has 0 amide bonds. The predicted octanol–water partition coefficient (Wildman–Crippen LogP) is 1.77. The van der Waals surface area contributed by atoms with Gasteiger partial charge < -0.3 is 24.8 Å². The van der Waals surface area contributed by atoms with E-state index in [0.29, 0.717) is 47.6 Å². The fourth-order valence-electron chi connectivity index (χ4n) is 4.54. The van der Waals surface area contributed by atoms with Crippen LogP contribution in [0.4, 0.5) is 21.8 Å². The molecule has 1 aliphatic heterocycles. The molecular weight excluding hydrogens is 401 g/mol. The van der Waals surface area contributed by atoms with Crippen LogP contribution in [0.3, 0.4) is 0 Å². The number of nitrogens with zero attached hydrogens (tertiary/aromatic N) is 7. The summed E-state index contributed by atoms with van der Waals surface area (Å²) < 4.78 is 23.9. The highest BCUT2D eigenvalue weighted by Crippen LogP contribution is 2.54. The van der Waals surface area contributed by atoms with Crippen LogP contribution < -0.4 is 20.3 Å². The summed E-state index contributed by atoms with van der Waals surface area (Å²) in [5.74, 6) is 1.50. The van der Waals surface area contributed by atoms with Gasteiger partial charge in [0.15, 0.2) is 17.0 Å². The highest BCUT2D eigenvalue weighted by Gasteiger charge is 2.64. The molecular formula is C20H28FN9O. The minimum absolute atomic E-state index is 0.227. The number of aromatic nitrogens is 6. The minimum Gasteiger partial charge on any atom is -0.478 e. The molecule has 166 valence electrons. The van der Waals surface area contributed by atoms with Gasteiger partial charge in [0.25, 0.3) is 5.88 Å². The minimum atomic E-state index is -0.900. The molecule has 1 aliphatic carbocycles. The van der Waals surface area contributed by atoms with E-state index in [0.717, 1.165) is 19.4 Å². The first-order chi connectivity index (χ1) is 14.9. The Kier molecular flexibility index (Phi) is 4.72. The molecule has 2 aliphatic rings. The summed E-state index contributed by atoms with van der Waals surface area (Å²) >= 11 is 0. The van der Waals surface area contributed by atoms with Gasteiger partial charge in [0.05, 0.1) is 26.2 Å². The summed E-state index contributed by atoms with van der Waals surface area (Å²) in [6.45, 7) is 3.94. The molecule has 3 aromatic heterocycles. The third-order valence-electron chi connectivity index (χ3n) is 6.32. The van der Waals surface area contributed by atoms with E-state index in [1.807, 2.05) is 29.8 Å². The number of hydrogen-bond acceptors (Lipinski definition) is 8. The zero-order valence-electron chi connectivity index (χ0n) is 18.3. The van der Waals surface area contributed by atoms with E-state index in [1.54, 1.807) is 18.1 Å². The first-order valence-electron chi connectivity index (χ1n) is 10.6. The Labute approximate surface area is 179 Å². The van der Waals surface area contributed by atoms with Crippen LogP contribution in [-0.2, 0) is 14.1 Å². The Morgan fingerprint density at radius 3 is 2.94 bits per heavy atom. The Hall–Kier alpha value is -2.95. The van der Waals surface area contributed by atoms with Gasteiger partial charge in [-0.15, -0.1) is 5.10 Å². The summed E-state index contributed by atoms with van der Waals surface area (Å²) in [4.78, 5) is 15.9. The SMILES string of the molecule is CCCNC1CC12CN(c1nc(Nc3cn(C)nc3OC)c3ncn(C)c3n1)C[C@H]2F. The summed E-state index contributed by atoms with van der Waals surface area (Å²) in [5, 5.41) is 11.0. The van der Waals surface area contributed by atoms with E-state index in [1.165, 1.54) is 0 Å². The molecule has 3 aromatic rings. The van der Waals surface area contributed by atoms with Crippen LogP contribution in [0.2, 0.25) is 0 Å². The topological polar surface area (TPSA) is 98.0 Å². The lowest BCUT2D eigenvalue weighted by Crippen LogP contribution is -2.29. The number of rotatable bonds is 7. The maximum Gasteiger partial charge on any atom is 0.256 e. The van der Waals surface area contributed by atoms with Crippen molar-refractivity contribution >= 4 is 28.6 Å². The molecule has 1 saturated carbocycles. The zero-order chi connectivity index (χ0) is 21.8. The van der Waals surface area contributed by atoms with Crippen LogP contribution in [0.25, 0.3) is 11.2 Å². The lowest BCUT2D eigenvalue weighted by molar-refractivity contribution is 0.254. The predicted molar refractivity (Wildman–Crippen MR) is 116 cm³/mol. The molecule has 5 rings (SSSR count). The number of ether oxygens (including phenoxy) is 1. The number of halogens is 1. The van der Waals surface area contributed by atoms with Gasteiger partial charge in [0.2, 0.25) is 5.95 Å². The third-order valence-corrected chi connectivity index (χ3v) is 6.32. The van der Waals surface area contributed by atoms with Crippen molar-refractivity contribution in [3.05, 3.63) is 12.5 Å². The van der Waals surface area contributed by atoms with Gasteiger partial charge in [-0.2, -0.15) is 9.97 Å². The average molecular weight is 430 g/mol. The fourth-order valence-corrected chi connectivity index (χ4v) is 4.54. The fraction of sp³-hybridized carbons (Fsp3) is 0.600. The molecule has 10 nitrogen and oxygen atoms in total. The summed E-state index contributed by atoms with van der Waals surface area (Å²) in [5.41, 5.74) is 1.66. The van der Waals surface area contributed by atoms with E-state index in [4.69, 9.17) is 14.7 Å². The largest absolute Gasteiger partial charge is 0.478 e.